The molecule has 2 aliphatic heterocycles. The maximum absolute atomic E-state index is 12.4. The molecule has 1 saturated carbocycles. The highest BCUT2D eigenvalue weighted by Crippen LogP contribution is 2.40. The van der Waals surface area contributed by atoms with Crippen molar-refractivity contribution in [3.05, 3.63) is 17.5 Å². The fourth-order valence-corrected chi connectivity index (χ4v) is 3.90. The summed E-state index contributed by atoms with van der Waals surface area (Å²) < 4.78 is 10.7. The van der Waals surface area contributed by atoms with E-state index < -0.39 is 0 Å². The Morgan fingerprint density at radius 2 is 2.08 bits per heavy atom. The molecule has 132 valence electrons. The molecule has 3 fully saturated rings. The fourth-order valence-electron chi connectivity index (χ4n) is 3.90. The molecular weight excluding hydrogens is 306 g/mol. The Bertz CT molecular complexity index is 578. The summed E-state index contributed by atoms with van der Waals surface area (Å²) in [4.78, 5) is 14.9. The van der Waals surface area contributed by atoms with Gasteiger partial charge in [0.15, 0.2) is 5.69 Å². The van der Waals surface area contributed by atoms with Crippen LogP contribution in [-0.4, -0.2) is 54.9 Å². The predicted molar refractivity (Wildman–Crippen MR) is 88.9 cm³/mol. The van der Waals surface area contributed by atoms with Gasteiger partial charge in [0.1, 0.15) is 5.76 Å². The van der Waals surface area contributed by atoms with Crippen molar-refractivity contribution in [2.45, 2.75) is 44.6 Å². The van der Waals surface area contributed by atoms with E-state index in [9.17, 15) is 4.79 Å². The van der Waals surface area contributed by atoms with E-state index in [1.807, 2.05) is 6.07 Å². The van der Waals surface area contributed by atoms with Crippen LogP contribution in [0.15, 0.2) is 10.6 Å². The summed E-state index contributed by atoms with van der Waals surface area (Å²) in [5.41, 5.74) is 0.423. The maximum atomic E-state index is 12.4. The highest BCUT2D eigenvalue weighted by molar-refractivity contribution is 5.92. The number of aromatic nitrogens is 1. The molecule has 1 aliphatic carbocycles. The van der Waals surface area contributed by atoms with Gasteiger partial charge in [-0.1, -0.05) is 12.1 Å². The quantitative estimate of drug-likeness (QED) is 0.893. The zero-order valence-electron chi connectivity index (χ0n) is 14.4. The van der Waals surface area contributed by atoms with E-state index in [0.717, 1.165) is 70.2 Å². The van der Waals surface area contributed by atoms with Gasteiger partial charge in [-0.05, 0) is 37.5 Å². The second kappa shape index (κ2) is 6.84. The molecule has 0 bridgehead atoms. The maximum Gasteiger partial charge on any atom is 0.273 e. The molecule has 0 spiro atoms. The van der Waals surface area contributed by atoms with Crippen molar-refractivity contribution in [3.8, 4) is 0 Å². The zero-order valence-corrected chi connectivity index (χ0v) is 14.4. The van der Waals surface area contributed by atoms with Crippen LogP contribution in [0.1, 0.15) is 54.8 Å². The van der Waals surface area contributed by atoms with Gasteiger partial charge in [0, 0.05) is 50.9 Å². The van der Waals surface area contributed by atoms with E-state index in [4.69, 9.17) is 9.26 Å². The molecule has 2 atom stereocenters. The second-order valence-electron chi connectivity index (χ2n) is 7.72. The van der Waals surface area contributed by atoms with E-state index in [1.165, 1.54) is 0 Å². The summed E-state index contributed by atoms with van der Waals surface area (Å²) >= 11 is 0. The summed E-state index contributed by atoms with van der Waals surface area (Å²) in [5, 5.41) is 7.10. The number of hydrogen-bond acceptors (Lipinski definition) is 5. The van der Waals surface area contributed by atoms with Crippen LogP contribution >= 0.6 is 0 Å². The Morgan fingerprint density at radius 3 is 2.83 bits per heavy atom. The molecular formula is C18H27N3O3. The summed E-state index contributed by atoms with van der Waals surface area (Å²) in [6, 6.07) is 2.00. The van der Waals surface area contributed by atoms with Gasteiger partial charge >= 0.3 is 0 Å². The third-order valence-electron chi connectivity index (χ3n) is 5.60. The average Bonchev–Trinajstić information content (AvgIpc) is 3.21. The summed E-state index contributed by atoms with van der Waals surface area (Å²) in [6.07, 6.45) is 4.61. The third kappa shape index (κ3) is 3.64. The normalized spacial score (nSPS) is 29.0. The van der Waals surface area contributed by atoms with Crippen LogP contribution in [0, 0.1) is 11.8 Å². The topological polar surface area (TPSA) is 67.6 Å². The number of nitrogens with one attached hydrogen (secondary N) is 1. The van der Waals surface area contributed by atoms with Gasteiger partial charge in [-0.15, -0.1) is 0 Å². The average molecular weight is 333 g/mol. The third-order valence-corrected chi connectivity index (χ3v) is 5.60. The molecule has 6 heteroatoms. The van der Waals surface area contributed by atoms with Crippen LogP contribution in [0.4, 0.5) is 0 Å². The first-order valence-electron chi connectivity index (χ1n) is 9.26. The van der Waals surface area contributed by atoms with Crippen molar-refractivity contribution in [2.75, 3.05) is 32.8 Å². The van der Waals surface area contributed by atoms with E-state index >= 15 is 0 Å². The lowest BCUT2D eigenvalue weighted by atomic mass is 10.00. The number of likely N-dealkylation sites (tertiary alicyclic amines) is 1. The molecule has 6 nitrogen and oxygen atoms in total. The molecule has 1 aromatic rings. The van der Waals surface area contributed by atoms with Crippen LogP contribution in [-0.2, 0) is 4.74 Å². The Kier molecular flexibility index (Phi) is 4.59. The van der Waals surface area contributed by atoms with Crippen molar-refractivity contribution < 1.29 is 14.1 Å². The minimum atomic E-state index is -0.101. The molecule has 3 aliphatic rings. The first kappa shape index (κ1) is 16.1. The van der Waals surface area contributed by atoms with Gasteiger partial charge < -0.3 is 19.5 Å². The highest BCUT2D eigenvalue weighted by atomic mass is 16.5. The van der Waals surface area contributed by atoms with Crippen LogP contribution in [0.5, 0.6) is 0 Å². The Balaban J connectivity index is 1.29. The molecule has 3 heterocycles. The van der Waals surface area contributed by atoms with Gasteiger partial charge in [-0.3, -0.25) is 4.79 Å². The van der Waals surface area contributed by atoms with Crippen LogP contribution in [0.25, 0.3) is 0 Å². The van der Waals surface area contributed by atoms with Crippen molar-refractivity contribution >= 4 is 5.91 Å². The fraction of sp³-hybridized carbons (Fsp3) is 0.778. The molecule has 0 aromatic carbocycles. The van der Waals surface area contributed by atoms with E-state index in [0.29, 0.717) is 17.5 Å². The van der Waals surface area contributed by atoms with Gasteiger partial charge in [-0.25, -0.2) is 0 Å². The first-order valence-corrected chi connectivity index (χ1v) is 9.26. The van der Waals surface area contributed by atoms with Crippen molar-refractivity contribution in [1.82, 2.24) is 15.4 Å². The lowest BCUT2D eigenvalue weighted by Crippen LogP contribution is -2.40. The van der Waals surface area contributed by atoms with Gasteiger partial charge in [-0.2, -0.15) is 0 Å². The number of carbonyl (C=O) groups excluding carboxylic acids is 1. The summed E-state index contributed by atoms with van der Waals surface area (Å²) in [6.45, 7) is 7.10. The molecule has 1 aromatic heterocycles. The van der Waals surface area contributed by atoms with Gasteiger partial charge in [0.25, 0.3) is 5.91 Å². The van der Waals surface area contributed by atoms with Crippen LogP contribution < -0.4 is 5.32 Å². The number of hydrogen-bond donors (Lipinski definition) is 1. The number of rotatable bonds is 5. The molecule has 0 radical (unpaired) electrons. The van der Waals surface area contributed by atoms with Gasteiger partial charge in [0.05, 0.1) is 0 Å². The molecule has 1 N–H and O–H groups in total. The minimum Gasteiger partial charge on any atom is -0.381 e. The zero-order chi connectivity index (χ0) is 16.5. The van der Waals surface area contributed by atoms with E-state index in [-0.39, 0.29) is 11.9 Å². The largest absolute Gasteiger partial charge is 0.381 e. The molecule has 1 amide bonds. The number of ether oxygens (including phenoxy) is 1. The van der Waals surface area contributed by atoms with E-state index in [1.54, 1.807) is 0 Å². The number of nitrogens with zero attached hydrogens (tertiary/aromatic N) is 2. The van der Waals surface area contributed by atoms with Crippen molar-refractivity contribution in [3.63, 3.8) is 0 Å². The lowest BCUT2D eigenvalue weighted by molar-refractivity contribution is 0.0550. The minimum absolute atomic E-state index is 0.101. The van der Waals surface area contributed by atoms with Gasteiger partial charge in [0.2, 0.25) is 0 Å². The molecule has 2 saturated heterocycles. The first-order chi connectivity index (χ1) is 11.7. The Labute approximate surface area is 142 Å². The van der Waals surface area contributed by atoms with Crippen molar-refractivity contribution in [1.29, 1.82) is 0 Å². The lowest BCUT2D eigenvalue weighted by Gasteiger charge is -2.26. The Hall–Kier alpha value is -1.40. The number of carbonyl (C=O) groups is 1. The molecule has 1 unspecified atom stereocenters. The second-order valence-corrected chi connectivity index (χ2v) is 7.72. The smallest absolute Gasteiger partial charge is 0.273 e. The number of amides is 1. The highest BCUT2D eigenvalue weighted by Gasteiger charge is 2.33. The van der Waals surface area contributed by atoms with Crippen molar-refractivity contribution in [2.24, 2.45) is 11.8 Å². The standard InChI is InChI=1S/C18H27N3O3/c1-12-9-21(10-13-4-6-23-7-5-13)11-16(12)19-18(22)15-8-17(24-20-15)14-2-3-14/h8,12-14,16H,2-7,9-11H2,1H3,(H,19,22)/t12?,16-/m1/s1. The van der Waals surface area contributed by atoms with E-state index in [2.05, 4.69) is 22.3 Å². The Morgan fingerprint density at radius 1 is 1.29 bits per heavy atom. The summed E-state index contributed by atoms with van der Waals surface area (Å²) in [7, 11) is 0. The molecule has 24 heavy (non-hydrogen) atoms. The van der Waals surface area contributed by atoms with Crippen LogP contribution in [0.2, 0.25) is 0 Å². The monoisotopic (exact) mass is 333 g/mol. The predicted octanol–water partition coefficient (Wildman–Crippen LogP) is 2.03. The summed E-state index contributed by atoms with van der Waals surface area (Å²) in [5.74, 6) is 2.44. The SMILES string of the molecule is CC1CN(CC2CCOCC2)C[C@H]1NC(=O)c1cc(C2CC2)on1. The molecule has 4 rings (SSSR count). The van der Waals surface area contributed by atoms with Crippen LogP contribution in [0.3, 0.4) is 0 Å².